The minimum atomic E-state index is -0.405. The molecule has 2 aromatic heterocycles. The second-order valence-corrected chi connectivity index (χ2v) is 7.12. The fraction of sp³-hybridized carbons (Fsp3) is 0.312. The van der Waals surface area contributed by atoms with Gasteiger partial charge >= 0.3 is 0 Å². The predicted molar refractivity (Wildman–Crippen MR) is 87.1 cm³/mol. The first-order valence-corrected chi connectivity index (χ1v) is 8.42. The van der Waals surface area contributed by atoms with Gasteiger partial charge < -0.3 is 10.2 Å². The number of aliphatic hydroxyl groups is 2. The van der Waals surface area contributed by atoms with E-state index in [2.05, 4.69) is 4.98 Å². The van der Waals surface area contributed by atoms with Crippen LogP contribution in [0.2, 0.25) is 5.02 Å². The molecule has 4 nitrogen and oxygen atoms in total. The Bertz CT molecular complexity index is 821. The summed E-state index contributed by atoms with van der Waals surface area (Å²) in [5, 5.41) is 20.7. The monoisotopic (exact) mass is 334 g/mol. The van der Waals surface area contributed by atoms with Gasteiger partial charge in [0.05, 0.1) is 29.0 Å². The highest BCUT2D eigenvalue weighted by Crippen LogP contribution is 2.43. The molecule has 6 heteroatoms. The third-order valence-corrected chi connectivity index (χ3v) is 5.38. The van der Waals surface area contributed by atoms with Crippen LogP contribution in [0.25, 0.3) is 16.2 Å². The van der Waals surface area contributed by atoms with E-state index in [-0.39, 0.29) is 6.61 Å². The van der Waals surface area contributed by atoms with Crippen LogP contribution in [-0.4, -0.2) is 19.6 Å². The average Bonchev–Trinajstić information content (AvgIpc) is 3.20. The first kappa shape index (κ1) is 14.2. The third-order valence-electron chi connectivity index (χ3n) is 4.07. The van der Waals surface area contributed by atoms with Gasteiger partial charge in [-0.2, -0.15) is 0 Å². The Morgan fingerprint density at radius 2 is 2.05 bits per heavy atom. The molecule has 0 aliphatic heterocycles. The number of benzene rings is 1. The number of nitrogens with zero attached hydrogens (tertiary/aromatic N) is 2. The summed E-state index contributed by atoms with van der Waals surface area (Å²) < 4.78 is 1.88. The van der Waals surface area contributed by atoms with Crippen molar-refractivity contribution in [2.24, 2.45) is 5.92 Å². The molecule has 0 radical (unpaired) electrons. The van der Waals surface area contributed by atoms with Gasteiger partial charge in [-0.05, 0) is 30.9 Å². The number of aliphatic hydroxyl groups excluding tert-OH is 2. The molecule has 2 heterocycles. The van der Waals surface area contributed by atoms with E-state index in [9.17, 15) is 10.2 Å². The fourth-order valence-electron chi connectivity index (χ4n) is 2.68. The minimum Gasteiger partial charge on any atom is -0.390 e. The number of thiazole rings is 1. The molecule has 0 spiro atoms. The van der Waals surface area contributed by atoms with Crippen LogP contribution >= 0.6 is 22.9 Å². The van der Waals surface area contributed by atoms with Crippen molar-refractivity contribution in [1.29, 1.82) is 0 Å². The van der Waals surface area contributed by atoms with E-state index in [1.165, 1.54) is 11.3 Å². The molecule has 114 valence electrons. The van der Waals surface area contributed by atoms with Crippen molar-refractivity contribution in [2.45, 2.75) is 25.6 Å². The Balaban J connectivity index is 1.79. The lowest BCUT2D eigenvalue weighted by molar-refractivity contribution is 0.157. The van der Waals surface area contributed by atoms with Crippen LogP contribution in [0.1, 0.15) is 29.5 Å². The summed E-state index contributed by atoms with van der Waals surface area (Å²) in [4.78, 5) is 6.35. The highest BCUT2D eigenvalue weighted by Gasteiger charge is 2.32. The van der Waals surface area contributed by atoms with Gasteiger partial charge in [-0.1, -0.05) is 35.1 Å². The van der Waals surface area contributed by atoms with Crippen LogP contribution in [0.3, 0.4) is 0 Å². The van der Waals surface area contributed by atoms with Gasteiger partial charge in [-0.25, -0.2) is 4.98 Å². The van der Waals surface area contributed by atoms with E-state index in [0.717, 1.165) is 39.6 Å². The van der Waals surface area contributed by atoms with E-state index in [4.69, 9.17) is 11.6 Å². The zero-order chi connectivity index (χ0) is 15.3. The summed E-state index contributed by atoms with van der Waals surface area (Å²) in [6.07, 6.45) is 3.67. The topological polar surface area (TPSA) is 57.8 Å². The van der Waals surface area contributed by atoms with Gasteiger partial charge in [0, 0.05) is 16.8 Å². The van der Waals surface area contributed by atoms with E-state index < -0.39 is 6.10 Å². The van der Waals surface area contributed by atoms with E-state index in [1.54, 1.807) is 0 Å². The molecular weight excluding hydrogens is 320 g/mol. The molecule has 22 heavy (non-hydrogen) atoms. The van der Waals surface area contributed by atoms with Gasteiger partial charge in [0.2, 0.25) is 0 Å². The highest BCUT2D eigenvalue weighted by molar-refractivity contribution is 7.17. The summed E-state index contributed by atoms with van der Waals surface area (Å²) in [7, 11) is 0. The quantitative estimate of drug-likeness (QED) is 0.765. The van der Waals surface area contributed by atoms with Crippen molar-refractivity contribution in [3.8, 4) is 11.3 Å². The molecule has 0 amide bonds. The molecule has 4 rings (SSSR count). The number of aromatic nitrogens is 2. The Morgan fingerprint density at radius 1 is 1.32 bits per heavy atom. The molecule has 1 unspecified atom stereocenters. The zero-order valence-electron chi connectivity index (χ0n) is 11.7. The van der Waals surface area contributed by atoms with Crippen LogP contribution in [0.5, 0.6) is 0 Å². The smallest absolute Gasteiger partial charge is 0.194 e. The molecule has 1 aliphatic rings. The first-order valence-electron chi connectivity index (χ1n) is 7.23. The van der Waals surface area contributed by atoms with Crippen LogP contribution in [0.15, 0.2) is 30.5 Å². The number of imidazole rings is 1. The predicted octanol–water partition coefficient (Wildman–Crippen LogP) is 3.65. The lowest BCUT2D eigenvalue weighted by Gasteiger charge is -2.05. The molecule has 1 fully saturated rings. The average molecular weight is 335 g/mol. The second kappa shape index (κ2) is 5.35. The van der Waals surface area contributed by atoms with Gasteiger partial charge in [0.25, 0.3) is 0 Å². The maximum Gasteiger partial charge on any atom is 0.194 e. The van der Waals surface area contributed by atoms with Gasteiger partial charge in [-0.3, -0.25) is 4.40 Å². The normalized spacial score (nSPS) is 16.3. The molecular formula is C16H15ClN2O2S. The number of hydrogen-bond donors (Lipinski definition) is 2. The van der Waals surface area contributed by atoms with Crippen LogP contribution in [0, 0.1) is 5.92 Å². The van der Waals surface area contributed by atoms with E-state index >= 15 is 0 Å². The zero-order valence-corrected chi connectivity index (χ0v) is 13.3. The molecule has 2 N–H and O–H groups in total. The van der Waals surface area contributed by atoms with Crippen molar-refractivity contribution in [1.82, 2.24) is 9.38 Å². The van der Waals surface area contributed by atoms with Gasteiger partial charge in [0.15, 0.2) is 4.96 Å². The Hall–Kier alpha value is -1.40. The molecule has 1 aromatic carbocycles. The highest BCUT2D eigenvalue weighted by atomic mass is 35.5. The molecule has 1 aliphatic carbocycles. The van der Waals surface area contributed by atoms with E-state index in [1.807, 2.05) is 34.9 Å². The van der Waals surface area contributed by atoms with Crippen molar-refractivity contribution in [2.75, 3.05) is 0 Å². The molecule has 0 bridgehead atoms. The fourth-order valence-corrected chi connectivity index (χ4v) is 3.89. The van der Waals surface area contributed by atoms with Crippen molar-refractivity contribution < 1.29 is 10.2 Å². The number of hydrogen-bond acceptors (Lipinski definition) is 4. The Kier molecular flexibility index (Phi) is 3.46. The minimum absolute atomic E-state index is 0.102. The molecule has 1 saturated carbocycles. The maximum absolute atomic E-state index is 10.3. The number of fused-ring (bicyclic) bond motifs is 1. The standard InChI is InChI=1S/C16H15ClN2O2S/c17-11-5-3-9(4-6-11)14-12(8-20)19-7-13(22-16(19)18-14)15(21)10-1-2-10/h3-7,10,15,20-21H,1-2,8H2. The SMILES string of the molecule is OCc1c(-c2ccc(Cl)cc2)nc2sc(C(O)C3CC3)cn12. The van der Waals surface area contributed by atoms with Crippen LogP contribution in [-0.2, 0) is 6.61 Å². The second-order valence-electron chi connectivity index (χ2n) is 5.64. The third kappa shape index (κ3) is 2.34. The first-order chi connectivity index (χ1) is 10.7. The lowest BCUT2D eigenvalue weighted by Crippen LogP contribution is -1.97. The van der Waals surface area contributed by atoms with Gasteiger partial charge in [-0.15, -0.1) is 0 Å². The summed E-state index contributed by atoms with van der Waals surface area (Å²) in [6.45, 7) is -0.102. The largest absolute Gasteiger partial charge is 0.390 e. The van der Waals surface area contributed by atoms with E-state index in [0.29, 0.717) is 10.9 Å². The summed E-state index contributed by atoms with van der Waals surface area (Å²) in [5.41, 5.74) is 2.43. The lowest BCUT2D eigenvalue weighted by atomic mass is 10.1. The Morgan fingerprint density at radius 3 is 2.68 bits per heavy atom. The maximum atomic E-state index is 10.3. The van der Waals surface area contributed by atoms with Gasteiger partial charge in [0.1, 0.15) is 0 Å². The van der Waals surface area contributed by atoms with Crippen molar-refractivity contribution in [3.63, 3.8) is 0 Å². The number of halogens is 1. The summed E-state index contributed by atoms with van der Waals surface area (Å²) >= 11 is 7.41. The molecule has 0 saturated heterocycles. The number of rotatable bonds is 4. The molecule has 1 atom stereocenters. The van der Waals surface area contributed by atoms with Crippen molar-refractivity contribution >= 4 is 27.9 Å². The molecule has 3 aromatic rings. The summed E-state index contributed by atoms with van der Waals surface area (Å²) in [5.74, 6) is 0.386. The van der Waals surface area contributed by atoms with Crippen LogP contribution < -0.4 is 0 Å². The van der Waals surface area contributed by atoms with Crippen molar-refractivity contribution in [3.05, 3.63) is 46.1 Å². The summed E-state index contributed by atoms with van der Waals surface area (Å²) in [6, 6.07) is 7.42. The van der Waals surface area contributed by atoms with Crippen LogP contribution in [0.4, 0.5) is 0 Å². The Labute approximate surface area is 136 Å².